The van der Waals surface area contributed by atoms with Gasteiger partial charge in [-0.1, -0.05) is 19.3 Å². The van der Waals surface area contributed by atoms with Crippen LogP contribution in [0.15, 0.2) is 18.6 Å². The first-order valence-electron chi connectivity index (χ1n) is 7.89. The van der Waals surface area contributed by atoms with E-state index in [9.17, 15) is 0 Å². The molecule has 0 spiro atoms. The maximum atomic E-state index is 5.58. The Bertz CT molecular complexity index is 452. The number of hydrogen-bond acceptors (Lipinski definition) is 4. The van der Waals surface area contributed by atoms with Gasteiger partial charge in [-0.2, -0.15) is 0 Å². The summed E-state index contributed by atoms with van der Waals surface area (Å²) in [7, 11) is 0. The van der Waals surface area contributed by atoms with Gasteiger partial charge in [-0.05, 0) is 25.1 Å². The minimum Gasteiger partial charge on any atom is -0.360 e. The van der Waals surface area contributed by atoms with Gasteiger partial charge in [0.15, 0.2) is 5.11 Å². The molecule has 1 aliphatic carbocycles. The van der Waals surface area contributed by atoms with Crippen molar-refractivity contribution in [3.8, 4) is 0 Å². The van der Waals surface area contributed by atoms with Crippen LogP contribution in [-0.4, -0.2) is 52.2 Å². The van der Waals surface area contributed by atoms with Crippen molar-refractivity contribution in [2.45, 2.75) is 38.1 Å². The Morgan fingerprint density at radius 1 is 1.10 bits per heavy atom. The molecule has 1 aromatic heterocycles. The molecule has 0 atom stereocenters. The van der Waals surface area contributed by atoms with E-state index in [1.54, 1.807) is 12.4 Å². The molecule has 2 heterocycles. The quantitative estimate of drug-likeness (QED) is 0.841. The lowest BCUT2D eigenvalue weighted by Gasteiger charge is -2.38. The summed E-state index contributed by atoms with van der Waals surface area (Å²) in [4.78, 5) is 13.1. The first kappa shape index (κ1) is 14.5. The number of nitrogens with zero attached hydrogens (tertiary/aromatic N) is 4. The van der Waals surface area contributed by atoms with Gasteiger partial charge in [-0.3, -0.25) is 4.98 Å². The normalized spacial score (nSPS) is 20.4. The summed E-state index contributed by atoms with van der Waals surface area (Å²) in [6.07, 6.45) is 11.9. The van der Waals surface area contributed by atoms with E-state index in [-0.39, 0.29) is 0 Å². The number of thiocarbonyl (C=S) groups is 1. The molecular weight excluding hydrogens is 282 g/mol. The van der Waals surface area contributed by atoms with Gasteiger partial charge in [-0.25, -0.2) is 4.98 Å². The van der Waals surface area contributed by atoms with E-state index in [1.807, 2.05) is 6.20 Å². The summed E-state index contributed by atoms with van der Waals surface area (Å²) in [5, 5.41) is 4.49. The van der Waals surface area contributed by atoms with Gasteiger partial charge in [0.1, 0.15) is 5.82 Å². The molecule has 114 valence electrons. The third kappa shape index (κ3) is 3.81. The number of rotatable bonds is 2. The van der Waals surface area contributed by atoms with Gasteiger partial charge in [0.05, 0.1) is 6.20 Å². The standard InChI is InChI=1S/C15H23N5S/c21-15(18-13-4-2-1-3-5-13)20-10-8-19(9-11-20)14-12-16-6-7-17-14/h6-7,12-13H,1-5,8-11H2,(H,18,21). The molecule has 1 saturated heterocycles. The van der Waals surface area contributed by atoms with Crippen LogP contribution in [0.1, 0.15) is 32.1 Å². The molecule has 0 amide bonds. The van der Waals surface area contributed by atoms with E-state index in [4.69, 9.17) is 12.2 Å². The first-order chi connectivity index (χ1) is 10.3. The van der Waals surface area contributed by atoms with E-state index >= 15 is 0 Å². The molecular formula is C15H23N5S. The van der Waals surface area contributed by atoms with Gasteiger partial charge in [0, 0.05) is 44.6 Å². The molecule has 3 rings (SSSR count). The Hall–Kier alpha value is -1.43. The van der Waals surface area contributed by atoms with Crippen LogP contribution in [0, 0.1) is 0 Å². The molecule has 1 saturated carbocycles. The molecule has 0 aromatic carbocycles. The predicted octanol–water partition coefficient (Wildman–Crippen LogP) is 1.81. The average Bonchev–Trinajstić information content (AvgIpc) is 2.57. The fourth-order valence-electron chi connectivity index (χ4n) is 3.11. The average molecular weight is 305 g/mol. The monoisotopic (exact) mass is 305 g/mol. The molecule has 0 bridgehead atoms. The highest BCUT2D eigenvalue weighted by Crippen LogP contribution is 2.18. The number of hydrogen-bond donors (Lipinski definition) is 1. The van der Waals surface area contributed by atoms with Crippen LogP contribution in [0.3, 0.4) is 0 Å². The molecule has 2 fully saturated rings. The third-order valence-electron chi connectivity index (χ3n) is 4.37. The van der Waals surface area contributed by atoms with Crippen LogP contribution in [0.2, 0.25) is 0 Å². The second-order valence-corrected chi connectivity index (χ2v) is 6.21. The Labute approximate surface area is 131 Å². The van der Waals surface area contributed by atoms with E-state index in [2.05, 4.69) is 25.1 Å². The summed E-state index contributed by atoms with van der Waals surface area (Å²) in [5.41, 5.74) is 0. The van der Waals surface area contributed by atoms with Gasteiger partial charge in [0.2, 0.25) is 0 Å². The van der Waals surface area contributed by atoms with E-state index < -0.39 is 0 Å². The molecule has 1 N–H and O–H groups in total. The van der Waals surface area contributed by atoms with Crippen molar-refractivity contribution in [1.82, 2.24) is 20.2 Å². The molecule has 5 nitrogen and oxygen atoms in total. The number of aromatic nitrogens is 2. The molecule has 0 radical (unpaired) electrons. The second-order valence-electron chi connectivity index (χ2n) is 5.82. The molecule has 6 heteroatoms. The third-order valence-corrected chi connectivity index (χ3v) is 4.75. The maximum absolute atomic E-state index is 5.58. The van der Waals surface area contributed by atoms with E-state index in [0.29, 0.717) is 6.04 Å². The van der Waals surface area contributed by atoms with Crippen molar-refractivity contribution in [1.29, 1.82) is 0 Å². The number of piperazine rings is 1. The molecule has 1 aliphatic heterocycles. The lowest BCUT2D eigenvalue weighted by atomic mass is 9.96. The lowest BCUT2D eigenvalue weighted by Crippen LogP contribution is -2.53. The largest absolute Gasteiger partial charge is 0.360 e. The van der Waals surface area contributed by atoms with Crippen molar-refractivity contribution in [3.63, 3.8) is 0 Å². The summed E-state index contributed by atoms with van der Waals surface area (Å²) in [5.74, 6) is 0.961. The summed E-state index contributed by atoms with van der Waals surface area (Å²) >= 11 is 5.58. The first-order valence-corrected chi connectivity index (χ1v) is 8.30. The molecule has 0 unspecified atom stereocenters. The van der Waals surface area contributed by atoms with Crippen molar-refractivity contribution in [3.05, 3.63) is 18.6 Å². The summed E-state index contributed by atoms with van der Waals surface area (Å²) < 4.78 is 0. The van der Waals surface area contributed by atoms with E-state index in [0.717, 1.165) is 37.1 Å². The Morgan fingerprint density at radius 2 is 1.86 bits per heavy atom. The zero-order valence-corrected chi connectivity index (χ0v) is 13.2. The summed E-state index contributed by atoms with van der Waals surface area (Å²) in [6.45, 7) is 3.81. The van der Waals surface area contributed by atoms with Crippen LogP contribution in [-0.2, 0) is 0 Å². The Kier molecular flexibility index (Phi) is 4.85. The number of nitrogens with one attached hydrogen (secondary N) is 1. The fourth-order valence-corrected chi connectivity index (χ4v) is 3.46. The highest BCUT2D eigenvalue weighted by atomic mass is 32.1. The van der Waals surface area contributed by atoms with Crippen molar-refractivity contribution in [2.24, 2.45) is 0 Å². The Balaban J connectivity index is 1.47. The van der Waals surface area contributed by atoms with Crippen LogP contribution < -0.4 is 10.2 Å². The van der Waals surface area contributed by atoms with Crippen molar-refractivity contribution in [2.75, 3.05) is 31.1 Å². The van der Waals surface area contributed by atoms with Crippen LogP contribution in [0.5, 0.6) is 0 Å². The number of anilines is 1. The lowest BCUT2D eigenvalue weighted by molar-refractivity contribution is 0.354. The van der Waals surface area contributed by atoms with Crippen LogP contribution in [0.25, 0.3) is 0 Å². The molecule has 1 aromatic rings. The van der Waals surface area contributed by atoms with Crippen molar-refractivity contribution >= 4 is 23.1 Å². The smallest absolute Gasteiger partial charge is 0.169 e. The molecule has 2 aliphatic rings. The summed E-state index contributed by atoms with van der Waals surface area (Å²) in [6, 6.07) is 0.587. The molecule has 21 heavy (non-hydrogen) atoms. The topological polar surface area (TPSA) is 44.3 Å². The highest BCUT2D eigenvalue weighted by molar-refractivity contribution is 7.80. The van der Waals surface area contributed by atoms with Crippen molar-refractivity contribution < 1.29 is 0 Å². The van der Waals surface area contributed by atoms with Crippen LogP contribution in [0.4, 0.5) is 5.82 Å². The zero-order valence-electron chi connectivity index (χ0n) is 12.4. The minimum absolute atomic E-state index is 0.587. The van der Waals surface area contributed by atoms with Gasteiger partial charge < -0.3 is 15.1 Å². The minimum atomic E-state index is 0.587. The second kappa shape index (κ2) is 7.02. The van der Waals surface area contributed by atoms with E-state index in [1.165, 1.54) is 32.1 Å². The maximum Gasteiger partial charge on any atom is 0.169 e. The fraction of sp³-hybridized carbons (Fsp3) is 0.667. The SMILES string of the molecule is S=C(NC1CCCCC1)N1CCN(c2cnccn2)CC1. The van der Waals surface area contributed by atoms with Gasteiger partial charge in [-0.15, -0.1) is 0 Å². The predicted molar refractivity (Wildman–Crippen MR) is 88.4 cm³/mol. The van der Waals surface area contributed by atoms with Crippen LogP contribution >= 0.6 is 12.2 Å². The van der Waals surface area contributed by atoms with Gasteiger partial charge >= 0.3 is 0 Å². The van der Waals surface area contributed by atoms with Gasteiger partial charge in [0.25, 0.3) is 0 Å². The zero-order chi connectivity index (χ0) is 14.5. The Morgan fingerprint density at radius 3 is 2.52 bits per heavy atom. The highest BCUT2D eigenvalue weighted by Gasteiger charge is 2.22.